The largest absolute Gasteiger partial charge is 0.454 e. The number of hydrazine groups is 1. The number of nitrogens with two attached hydrogens (primary N) is 1. The predicted molar refractivity (Wildman–Crippen MR) is 60.7 cm³/mol. The molecular weight excluding hydrogens is 259 g/mol. The van der Waals surface area contributed by atoms with Crippen molar-refractivity contribution in [2.45, 2.75) is 6.54 Å². The number of H-pyrrole nitrogens is 1. The fourth-order valence-corrected chi connectivity index (χ4v) is 1.42. The van der Waals surface area contributed by atoms with Gasteiger partial charge in [0.2, 0.25) is 5.82 Å². The number of furan rings is 1. The molecule has 9 heteroatoms. The second kappa shape index (κ2) is 4.90. The van der Waals surface area contributed by atoms with Crippen LogP contribution in [-0.2, 0) is 6.54 Å². The third-order valence-corrected chi connectivity index (χ3v) is 2.31. The molecule has 0 radical (unpaired) electrons. The molecule has 2 aromatic heterocycles. The number of nitrogens with zero attached hydrogens (tertiary/aromatic N) is 1. The third kappa shape index (κ3) is 2.60. The molecule has 2 aromatic rings. The second-order valence-electron chi connectivity index (χ2n) is 3.60. The van der Waals surface area contributed by atoms with E-state index >= 15 is 0 Å². The van der Waals surface area contributed by atoms with Gasteiger partial charge in [-0.3, -0.25) is 24.6 Å². The van der Waals surface area contributed by atoms with Crippen LogP contribution < -0.4 is 22.5 Å². The van der Waals surface area contributed by atoms with Crippen LogP contribution in [0.1, 0.15) is 16.3 Å². The van der Waals surface area contributed by atoms with Gasteiger partial charge >= 0.3 is 11.6 Å². The van der Waals surface area contributed by atoms with Gasteiger partial charge in [-0.2, -0.15) is 4.39 Å². The summed E-state index contributed by atoms with van der Waals surface area (Å²) in [7, 11) is 0. The van der Waals surface area contributed by atoms with Crippen molar-refractivity contribution in [1.29, 1.82) is 0 Å². The van der Waals surface area contributed by atoms with Crippen LogP contribution in [0.5, 0.6) is 0 Å². The minimum atomic E-state index is -1.09. The molecule has 0 bridgehead atoms. The van der Waals surface area contributed by atoms with E-state index in [0.29, 0.717) is 0 Å². The highest BCUT2D eigenvalue weighted by Gasteiger charge is 2.11. The maximum atomic E-state index is 13.0. The monoisotopic (exact) mass is 268 g/mol. The van der Waals surface area contributed by atoms with Gasteiger partial charge in [0.05, 0.1) is 12.7 Å². The summed E-state index contributed by atoms with van der Waals surface area (Å²) in [6, 6.07) is 2.78. The van der Waals surface area contributed by atoms with E-state index < -0.39 is 23.0 Å². The van der Waals surface area contributed by atoms with Gasteiger partial charge in [0.1, 0.15) is 5.76 Å². The Morgan fingerprint density at radius 3 is 2.89 bits per heavy atom. The molecule has 4 N–H and O–H groups in total. The lowest BCUT2D eigenvalue weighted by Crippen LogP contribution is -2.31. The quantitative estimate of drug-likeness (QED) is 0.371. The number of hydrogen-bond donors (Lipinski definition) is 3. The first-order chi connectivity index (χ1) is 9.01. The molecule has 0 aromatic carbocycles. The Labute approximate surface area is 104 Å². The Morgan fingerprint density at radius 1 is 1.47 bits per heavy atom. The van der Waals surface area contributed by atoms with Gasteiger partial charge in [0.25, 0.3) is 5.56 Å². The molecule has 0 aliphatic rings. The molecule has 100 valence electrons. The van der Waals surface area contributed by atoms with Crippen molar-refractivity contribution in [2.24, 2.45) is 5.84 Å². The normalized spacial score (nSPS) is 10.4. The fourth-order valence-electron chi connectivity index (χ4n) is 1.42. The minimum Gasteiger partial charge on any atom is -0.454 e. The molecule has 8 nitrogen and oxygen atoms in total. The summed E-state index contributed by atoms with van der Waals surface area (Å²) in [5.41, 5.74) is -0.000522. The first-order valence-electron chi connectivity index (χ1n) is 5.10. The van der Waals surface area contributed by atoms with Crippen molar-refractivity contribution >= 4 is 5.91 Å². The van der Waals surface area contributed by atoms with Gasteiger partial charge in [-0.1, -0.05) is 0 Å². The number of halogens is 1. The predicted octanol–water partition coefficient (Wildman–Crippen LogP) is -1.08. The molecule has 0 aliphatic carbocycles. The number of nitrogen functional groups attached to an aromatic ring is 1. The van der Waals surface area contributed by atoms with E-state index in [4.69, 9.17) is 10.3 Å². The number of nitrogens with one attached hydrogen (secondary N) is 2. The Hall–Kier alpha value is -2.68. The van der Waals surface area contributed by atoms with Crippen molar-refractivity contribution in [3.05, 3.63) is 56.5 Å². The van der Waals surface area contributed by atoms with E-state index in [-0.39, 0.29) is 18.1 Å². The second-order valence-corrected chi connectivity index (χ2v) is 3.60. The summed E-state index contributed by atoms with van der Waals surface area (Å²) in [4.78, 5) is 35.2. The minimum absolute atomic E-state index is 0.0459. The first-order valence-corrected chi connectivity index (χ1v) is 5.10. The van der Waals surface area contributed by atoms with Crippen molar-refractivity contribution in [2.75, 3.05) is 0 Å². The van der Waals surface area contributed by atoms with E-state index in [1.807, 2.05) is 5.43 Å². The molecule has 0 saturated heterocycles. The lowest BCUT2D eigenvalue weighted by Gasteiger charge is -2.02. The Bertz CT molecular complexity index is 730. The number of hydrogen-bond acceptors (Lipinski definition) is 5. The molecular formula is C10H9FN4O4. The summed E-state index contributed by atoms with van der Waals surface area (Å²) in [6.45, 7) is -0.135. The number of amides is 1. The standard InChI is InChI=1S/C10H9FN4O4/c11-6-4-15(10(18)13-8(6)16)3-5-1-2-7(19-5)9(17)14-12/h1-2,4H,3,12H2,(H,14,17)(H,13,16,18). The molecule has 0 aliphatic heterocycles. The highest BCUT2D eigenvalue weighted by atomic mass is 19.1. The van der Waals surface area contributed by atoms with Crippen LogP contribution in [-0.4, -0.2) is 15.5 Å². The van der Waals surface area contributed by atoms with Gasteiger partial charge in [0.15, 0.2) is 5.76 Å². The smallest absolute Gasteiger partial charge is 0.328 e. The van der Waals surface area contributed by atoms with Crippen molar-refractivity contribution in [3.8, 4) is 0 Å². The van der Waals surface area contributed by atoms with Gasteiger partial charge < -0.3 is 4.42 Å². The maximum absolute atomic E-state index is 13.0. The highest BCUT2D eigenvalue weighted by molar-refractivity contribution is 5.90. The highest BCUT2D eigenvalue weighted by Crippen LogP contribution is 2.08. The van der Waals surface area contributed by atoms with Crippen molar-refractivity contribution < 1.29 is 13.6 Å². The van der Waals surface area contributed by atoms with Gasteiger partial charge in [0, 0.05) is 0 Å². The van der Waals surface area contributed by atoms with E-state index in [0.717, 1.165) is 10.8 Å². The zero-order valence-corrected chi connectivity index (χ0v) is 9.47. The Balaban J connectivity index is 2.29. The summed E-state index contributed by atoms with van der Waals surface area (Å²) < 4.78 is 19.0. The van der Waals surface area contributed by atoms with Gasteiger partial charge in [-0.15, -0.1) is 0 Å². The average molecular weight is 268 g/mol. The SMILES string of the molecule is NNC(=O)c1ccc(Cn2cc(F)c(=O)[nH]c2=O)o1. The molecule has 0 atom stereocenters. The summed E-state index contributed by atoms with van der Waals surface area (Å²) in [6.07, 6.45) is 0.756. The number of carbonyl (C=O) groups excluding carboxylic acids is 1. The van der Waals surface area contributed by atoms with Crippen LogP contribution in [0.2, 0.25) is 0 Å². The number of carbonyl (C=O) groups is 1. The van der Waals surface area contributed by atoms with E-state index in [1.54, 1.807) is 4.98 Å². The zero-order chi connectivity index (χ0) is 14.0. The third-order valence-electron chi connectivity index (χ3n) is 2.31. The number of rotatable bonds is 3. The summed E-state index contributed by atoms with van der Waals surface area (Å²) >= 11 is 0. The molecule has 0 fully saturated rings. The topological polar surface area (TPSA) is 123 Å². The summed E-state index contributed by atoms with van der Waals surface area (Å²) in [5.74, 6) is 3.38. The van der Waals surface area contributed by atoms with Crippen LogP contribution >= 0.6 is 0 Å². The molecule has 0 spiro atoms. The molecule has 2 rings (SSSR count). The van der Waals surface area contributed by atoms with Crippen LogP contribution in [0.4, 0.5) is 4.39 Å². The van der Waals surface area contributed by atoms with Crippen molar-refractivity contribution in [1.82, 2.24) is 15.0 Å². The number of aromatic nitrogens is 2. The first kappa shape index (κ1) is 12.8. The fraction of sp³-hybridized carbons (Fsp3) is 0.100. The van der Waals surface area contributed by atoms with Gasteiger partial charge in [-0.25, -0.2) is 10.6 Å². The summed E-state index contributed by atoms with van der Waals surface area (Å²) in [5, 5.41) is 0. The Kier molecular flexibility index (Phi) is 3.29. The lowest BCUT2D eigenvalue weighted by atomic mass is 10.4. The lowest BCUT2D eigenvalue weighted by molar-refractivity contribution is 0.0924. The number of aromatic amines is 1. The van der Waals surface area contributed by atoms with Crippen molar-refractivity contribution in [3.63, 3.8) is 0 Å². The average Bonchev–Trinajstić information content (AvgIpc) is 2.83. The molecule has 0 saturated carbocycles. The molecule has 1 amide bonds. The zero-order valence-electron chi connectivity index (χ0n) is 9.47. The van der Waals surface area contributed by atoms with Crippen LogP contribution in [0.3, 0.4) is 0 Å². The van der Waals surface area contributed by atoms with E-state index in [1.165, 1.54) is 12.1 Å². The van der Waals surface area contributed by atoms with E-state index in [9.17, 15) is 18.8 Å². The van der Waals surface area contributed by atoms with Crippen LogP contribution in [0.25, 0.3) is 0 Å². The van der Waals surface area contributed by atoms with E-state index in [2.05, 4.69) is 0 Å². The molecule has 19 heavy (non-hydrogen) atoms. The molecule has 0 unspecified atom stereocenters. The molecule has 2 heterocycles. The van der Waals surface area contributed by atoms with Crippen LogP contribution in [0, 0.1) is 5.82 Å². The maximum Gasteiger partial charge on any atom is 0.328 e. The van der Waals surface area contributed by atoms with Gasteiger partial charge in [-0.05, 0) is 12.1 Å². The van der Waals surface area contributed by atoms with Crippen LogP contribution in [0.15, 0.2) is 32.3 Å². The Morgan fingerprint density at radius 2 is 2.21 bits per heavy atom.